The molecule has 0 spiro atoms. The number of carbonyl (C=O) groups excluding carboxylic acids is 2. The second-order valence-electron chi connectivity index (χ2n) is 6.24. The van der Waals surface area contributed by atoms with Crippen LogP contribution in [0.3, 0.4) is 0 Å². The highest BCUT2D eigenvalue weighted by atomic mass is 32.1. The maximum atomic E-state index is 12.4. The van der Waals surface area contributed by atoms with Crippen molar-refractivity contribution in [3.63, 3.8) is 0 Å². The highest BCUT2D eigenvalue weighted by Crippen LogP contribution is 2.39. The van der Waals surface area contributed by atoms with Crippen LogP contribution in [0.2, 0.25) is 0 Å². The highest BCUT2D eigenvalue weighted by molar-refractivity contribution is 7.17. The van der Waals surface area contributed by atoms with Crippen molar-refractivity contribution in [3.05, 3.63) is 51.4 Å². The summed E-state index contributed by atoms with van der Waals surface area (Å²) in [5, 5.41) is 3.46. The van der Waals surface area contributed by atoms with E-state index in [9.17, 15) is 9.59 Å². The van der Waals surface area contributed by atoms with Crippen molar-refractivity contribution >= 4 is 28.2 Å². The quantitative estimate of drug-likeness (QED) is 0.904. The smallest absolute Gasteiger partial charge is 0.256 e. The van der Waals surface area contributed by atoms with Gasteiger partial charge in [-0.15, -0.1) is 11.3 Å². The van der Waals surface area contributed by atoms with Gasteiger partial charge >= 0.3 is 0 Å². The molecule has 1 unspecified atom stereocenters. The lowest BCUT2D eigenvalue weighted by Gasteiger charge is -2.18. The molecule has 0 aliphatic heterocycles. The van der Waals surface area contributed by atoms with E-state index in [0.717, 1.165) is 30.4 Å². The monoisotopic (exact) mass is 328 g/mol. The molecule has 1 aliphatic rings. The molecule has 0 bridgehead atoms. The second kappa shape index (κ2) is 6.16. The molecule has 1 aliphatic carbocycles. The van der Waals surface area contributed by atoms with Crippen LogP contribution in [0.15, 0.2) is 24.3 Å². The number of hydrogen-bond acceptors (Lipinski definition) is 3. The van der Waals surface area contributed by atoms with Gasteiger partial charge in [-0.25, -0.2) is 0 Å². The summed E-state index contributed by atoms with van der Waals surface area (Å²) in [4.78, 5) is 25.5. The number of nitrogens with two attached hydrogens (primary N) is 1. The molecular formula is C18H20N2O2S. The van der Waals surface area contributed by atoms with E-state index in [-0.39, 0.29) is 5.91 Å². The van der Waals surface area contributed by atoms with Gasteiger partial charge in [0.15, 0.2) is 0 Å². The standard InChI is InChI=1S/C18H20N2O2S/c1-10-3-6-12(7-4-10)17(22)20-18-15(16(19)21)13-9-11(2)5-8-14(13)23-18/h3-4,6-7,11H,5,8-9H2,1-2H3,(H2,19,21)(H,20,22). The lowest BCUT2D eigenvalue weighted by atomic mass is 9.87. The molecule has 3 N–H and O–H groups in total. The summed E-state index contributed by atoms with van der Waals surface area (Å²) in [6.07, 6.45) is 2.91. The Labute approximate surface area is 139 Å². The molecule has 0 saturated carbocycles. The van der Waals surface area contributed by atoms with E-state index >= 15 is 0 Å². The summed E-state index contributed by atoms with van der Waals surface area (Å²) in [5.74, 6) is -0.134. The number of rotatable bonds is 3. The summed E-state index contributed by atoms with van der Waals surface area (Å²) < 4.78 is 0. The Hall–Kier alpha value is -2.14. The number of benzene rings is 1. The highest BCUT2D eigenvalue weighted by Gasteiger charge is 2.27. The Bertz CT molecular complexity index is 762. The van der Waals surface area contributed by atoms with Gasteiger partial charge in [-0.2, -0.15) is 0 Å². The normalized spacial score (nSPS) is 16.7. The van der Waals surface area contributed by atoms with Crippen LogP contribution in [0, 0.1) is 12.8 Å². The van der Waals surface area contributed by atoms with Gasteiger partial charge in [0.2, 0.25) is 0 Å². The predicted octanol–water partition coefficient (Wildman–Crippen LogP) is 3.53. The molecule has 0 saturated heterocycles. The number of anilines is 1. The molecule has 120 valence electrons. The van der Waals surface area contributed by atoms with Crippen molar-refractivity contribution in [1.82, 2.24) is 0 Å². The van der Waals surface area contributed by atoms with Crippen molar-refractivity contribution in [2.75, 3.05) is 5.32 Å². The fraction of sp³-hybridized carbons (Fsp3) is 0.333. The average Bonchev–Trinajstić information content (AvgIpc) is 2.84. The average molecular weight is 328 g/mol. The van der Waals surface area contributed by atoms with Gasteiger partial charge in [0.05, 0.1) is 5.56 Å². The number of hydrogen-bond donors (Lipinski definition) is 2. The number of nitrogens with one attached hydrogen (secondary N) is 1. The molecule has 23 heavy (non-hydrogen) atoms. The van der Waals surface area contributed by atoms with E-state index in [1.54, 1.807) is 12.1 Å². The first-order valence-electron chi connectivity index (χ1n) is 7.78. The van der Waals surface area contributed by atoms with E-state index in [1.165, 1.54) is 16.2 Å². The topological polar surface area (TPSA) is 72.2 Å². The van der Waals surface area contributed by atoms with Gasteiger partial charge in [-0.05, 0) is 49.8 Å². The number of aryl methyl sites for hydroxylation is 2. The zero-order valence-corrected chi connectivity index (χ0v) is 14.1. The zero-order valence-electron chi connectivity index (χ0n) is 13.3. The van der Waals surface area contributed by atoms with E-state index in [1.807, 2.05) is 19.1 Å². The number of fused-ring (bicyclic) bond motifs is 1. The van der Waals surface area contributed by atoms with E-state index < -0.39 is 5.91 Å². The number of primary amides is 1. The van der Waals surface area contributed by atoms with Crippen LogP contribution < -0.4 is 11.1 Å². The van der Waals surface area contributed by atoms with Crippen molar-refractivity contribution in [2.24, 2.45) is 11.7 Å². The van der Waals surface area contributed by atoms with Crippen molar-refractivity contribution in [2.45, 2.75) is 33.1 Å². The molecule has 0 radical (unpaired) electrons. The third kappa shape index (κ3) is 3.15. The lowest BCUT2D eigenvalue weighted by Crippen LogP contribution is -2.19. The minimum absolute atomic E-state index is 0.209. The van der Waals surface area contributed by atoms with Gasteiger partial charge in [0.1, 0.15) is 5.00 Å². The van der Waals surface area contributed by atoms with Gasteiger partial charge in [0.25, 0.3) is 11.8 Å². The predicted molar refractivity (Wildman–Crippen MR) is 93.2 cm³/mol. The van der Waals surface area contributed by atoms with E-state index in [0.29, 0.717) is 22.0 Å². The van der Waals surface area contributed by atoms with Crippen LogP contribution in [0.1, 0.15) is 50.1 Å². The number of thiophene rings is 1. The Morgan fingerprint density at radius 3 is 2.61 bits per heavy atom. The van der Waals surface area contributed by atoms with Crippen LogP contribution in [0.25, 0.3) is 0 Å². The first kappa shape index (κ1) is 15.7. The molecule has 1 aromatic carbocycles. The van der Waals surface area contributed by atoms with E-state index in [2.05, 4.69) is 12.2 Å². The summed E-state index contributed by atoms with van der Waals surface area (Å²) >= 11 is 1.49. The van der Waals surface area contributed by atoms with Gasteiger partial charge < -0.3 is 11.1 Å². The second-order valence-corrected chi connectivity index (χ2v) is 7.35. The molecule has 5 heteroatoms. The molecule has 4 nitrogen and oxygen atoms in total. The molecule has 3 rings (SSSR count). The summed E-state index contributed by atoms with van der Waals surface area (Å²) in [7, 11) is 0. The SMILES string of the molecule is Cc1ccc(C(=O)Nc2sc3c(c2C(N)=O)CC(C)CC3)cc1. The third-order valence-electron chi connectivity index (χ3n) is 4.29. The van der Waals surface area contributed by atoms with Gasteiger partial charge in [-0.3, -0.25) is 9.59 Å². The Morgan fingerprint density at radius 2 is 1.96 bits per heavy atom. The van der Waals surface area contributed by atoms with Gasteiger partial charge in [-0.1, -0.05) is 24.6 Å². The minimum atomic E-state index is -0.462. The van der Waals surface area contributed by atoms with Gasteiger partial charge in [0, 0.05) is 10.4 Å². The lowest BCUT2D eigenvalue weighted by molar-refractivity contribution is 0.1000. The van der Waals surface area contributed by atoms with Crippen molar-refractivity contribution in [1.29, 1.82) is 0 Å². The molecule has 1 heterocycles. The van der Waals surface area contributed by atoms with Crippen molar-refractivity contribution < 1.29 is 9.59 Å². The molecule has 1 aromatic heterocycles. The fourth-order valence-electron chi connectivity index (χ4n) is 2.99. The van der Waals surface area contributed by atoms with Crippen LogP contribution in [0.5, 0.6) is 0 Å². The van der Waals surface area contributed by atoms with Crippen LogP contribution >= 0.6 is 11.3 Å². The first-order valence-corrected chi connectivity index (χ1v) is 8.59. The Morgan fingerprint density at radius 1 is 1.26 bits per heavy atom. The molecule has 1 atom stereocenters. The molecule has 0 fully saturated rings. The summed E-state index contributed by atoms with van der Waals surface area (Å²) in [6.45, 7) is 4.15. The van der Waals surface area contributed by atoms with Crippen LogP contribution in [-0.2, 0) is 12.8 Å². The van der Waals surface area contributed by atoms with E-state index in [4.69, 9.17) is 5.73 Å². The van der Waals surface area contributed by atoms with Crippen molar-refractivity contribution in [3.8, 4) is 0 Å². The Balaban J connectivity index is 1.92. The summed E-state index contributed by atoms with van der Waals surface area (Å²) in [6, 6.07) is 7.35. The summed E-state index contributed by atoms with van der Waals surface area (Å²) in [5.41, 5.74) is 8.78. The third-order valence-corrected chi connectivity index (χ3v) is 5.50. The fourth-order valence-corrected chi connectivity index (χ4v) is 4.23. The minimum Gasteiger partial charge on any atom is -0.365 e. The first-order chi connectivity index (χ1) is 11.0. The Kier molecular flexibility index (Phi) is 4.22. The zero-order chi connectivity index (χ0) is 16.6. The van der Waals surface area contributed by atoms with Crippen LogP contribution in [-0.4, -0.2) is 11.8 Å². The number of amides is 2. The number of carbonyl (C=O) groups is 2. The van der Waals surface area contributed by atoms with Crippen LogP contribution in [0.4, 0.5) is 5.00 Å². The molecule has 2 aromatic rings. The maximum Gasteiger partial charge on any atom is 0.256 e. The largest absolute Gasteiger partial charge is 0.365 e. The molecule has 2 amide bonds. The maximum absolute atomic E-state index is 12.4. The molecular weight excluding hydrogens is 308 g/mol.